The fourth-order valence-corrected chi connectivity index (χ4v) is 17.0. The van der Waals surface area contributed by atoms with E-state index >= 15 is 0 Å². The first kappa shape index (κ1) is 59.8. The van der Waals surface area contributed by atoms with Gasteiger partial charge < -0.3 is 22.8 Å². The van der Waals surface area contributed by atoms with E-state index in [1.165, 1.54) is 170 Å². The number of hydrogen-bond acceptors (Lipinski definition) is 0. The highest BCUT2D eigenvalue weighted by atomic mass is 15.0. The van der Waals surface area contributed by atoms with Gasteiger partial charge in [-0.15, -0.1) is 0 Å². The summed E-state index contributed by atoms with van der Waals surface area (Å²) in [7, 11) is 0. The van der Waals surface area contributed by atoms with Gasteiger partial charge in [-0.05, 0) is 201 Å². The van der Waals surface area contributed by atoms with E-state index in [2.05, 4.69) is 417 Å². The SMILES string of the molecule is c1ccc(-c2ccc(-n3c4ccccc4c4cc(-c5ccc6c(c5)c5ccccc5n6-c5cccc(-c6ccccc6)c5)ccc43)cc2)cc1.c1ccc(-n2c3ccccc3c3cc(-c4ccc5c(c4)c4ccccc4n5-c4ccc5c(c4)c4c6ccccc6ccc4n5-c4ccccc4)ccc32)cc1. The van der Waals surface area contributed by atoms with Crippen LogP contribution >= 0.6 is 0 Å². The Kier molecular flexibility index (Phi) is 13.9. The molecule has 0 aliphatic rings. The lowest BCUT2D eigenvalue weighted by Gasteiger charge is -2.11. The van der Waals surface area contributed by atoms with Gasteiger partial charge in [-0.25, -0.2) is 0 Å². The van der Waals surface area contributed by atoms with Crippen LogP contribution in [0.25, 0.3) is 193 Å². The Bertz CT molecular complexity index is 7170. The summed E-state index contributed by atoms with van der Waals surface area (Å²) in [6.07, 6.45) is 0. The summed E-state index contributed by atoms with van der Waals surface area (Å²) in [5.41, 5.74) is 27.6. The third-order valence-electron chi connectivity index (χ3n) is 21.7. The highest BCUT2D eigenvalue weighted by molar-refractivity contribution is 6.22. The summed E-state index contributed by atoms with van der Waals surface area (Å²) in [4.78, 5) is 0. The van der Waals surface area contributed by atoms with E-state index in [9.17, 15) is 0 Å². The predicted molar refractivity (Wildman–Crippen MR) is 444 cm³/mol. The number of rotatable bonds is 9. The van der Waals surface area contributed by atoms with Gasteiger partial charge in [-0.2, -0.15) is 0 Å². The van der Waals surface area contributed by atoms with Crippen molar-refractivity contribution in [3.8, 4) is 72.9 Å². The van der Waals surface area contributed by atoms with Crippen molar-refractivity contribution in [3.05, 3.63) is 394 Å². The van der Waals surface area contributed by atoms with Crippen molar-refractivity contribution in [2.45, 2.75) is 0 Å². The van der Waals surface area contributed by atoms with E-state index in [0.29, 0.717) is 0 Å². The third-order valence-corrected chi connectivity index (χ3v) is 21.7. The van der Waals surface area contributed by atoms with Crippen LogP contribution in [0.2, 0.25) is 0 Å². The highest BCUT2D eigenvalue weighted by Crippen LogP contribution is 2.44. The van der Waals surface area contributed by atoms with Gasteiger partial charge in [0.25, 0.3) is 0 Å². The molecule has 0 bridgehead atoms. The second-order valence-electron chi connectivity index (χ2n) is 27.6. The number of fused-ring (bicyclic) bond motifs is 17. The molecule has 0 unspecified atom stereocenters. The monoisotopic (exact) mass is 1340 g/mol. The molecule has 0 radical (unpaired) electrons. The molecule has 0 aliphatic heterocycles. The molecule has 0 saturated carbocycles. The molecule has 5 aromatic heterocycles. The number of aromatic nitrogens is 5. The second-order valence-corrected chi connectivity index (χ2v) is 27.6. The van der Waals surface area contributed by atoms with E-state index in [4.69, 9.17) is 0 Å². The Morgan fingerprint density at radius 2 is 0.390 bits per heavy atom. The molecule has 490 valence electrons. The molecule has 0 atom stereocenters. The zero-order valence-corrected chi connectivity index (χ0v) is 57.3. The van der Waals surface area contributed by atoms with Crippen LogP contribution in [0.15, 0.2) is 394 Å². The minimum atomic E-state index is 1.15. The first-order valence-corrected chi connectivity index (χ1v) is 36.1. The topological polar surface area (TPSA) is 24.6 Å². The largest absolute Gasteiger partial charge is 0.309 e. The fraction of sp³-hybridized carbons (Fsp3) is 0. The Hall–Kier alpha value is -14.0. The maximum absolute atomic E-state index is 2.45. The van der Waals surface area contributed by atoms with Crippen LogP contribution in [0.5, 0.6) is 0 Å². The molecule has 0 amide bonds. The molecule has 0 saturated heterocycles. The maximum Gasteiger partial charge on any atom is 0.0547 e. The zero-order chi connectivity index (χ0) is 69.1. The van der Waals surface area contributed by atoms with Gasteiger partial charge in [-0.3, -0.25) is 0 Å². The maximum atomic E-state index is 2.45. The van der Waals surface area contributed by atoms with E-state index in [0.717, 1.165) is 22.7 Å². The van der Waals surface area contributed by atoms with Crippen LogP contribution in [0, 0.1) is 0 Å². The van der Waals surface area contributed by atoms with Gasteiger partial charge in [0, 0.05) is 82.3 Å². The summed E-state index contributed by atoms with van der Waals surface area (Å²) in [6.45, 7) is 0. The number of hydrogen-bond donors (Lipinski definition) is 0. The summed E-state index contributed by atoms with van der Waals surface area (Å²) in [6, 6.07) is 144. The van der Waals surface area contributed by atoms with Gasteiger partial charge >= 0.3 is 0 Å². The first-order valence-electron chi connectivity index (χ1n) is 36.1. The van der Waals surface area contributed by atoms with Crippen LogP contribution in [0.3, 0.4) is 0 Å². The second kappa shape index (κ2) is 24.4. The normalized spacial score (nSPS) is 11.8. The molecule has 0 N–H and O–H groups in total. The molecular weight excluding hydrogens is 1270 g/mol. The van der Waals surface area contributed by atoms with Gasteiger partial charge in [0.15, 0.2) is 0 Å². The van der Waals surface area contributed by atoms with Crippen molar-refractivity contribution in [1.82, 2.24) is 22.8 Å². The van der Waals surface area contributed by atoms with Gasteiger partial charge in [0.2, 0.25) is 0 Å². The Balaban J connectivity index is 0.000000136. The predicted octanol–water partition coefficient (Wildman–Crippen LogP) is 26.7. The van der Waals surface area contributed by atoms with E-state index in [-0.39, 0.29) is 0 Å². The molecule has 0 fully saturated rings. The average Bonchev–Trinajstić information content (AvgIpc) is 1.56. The lowest BCUT2D eigenvalue weighted by molar-refractivity contribution is 1.17. The minimum Gasteiger partial charge on any atom is -0.309 e. The average molecular weight is 1340 g/mol. The quantitative estimate of drug-likeness (QED) is 0.138. The lowest BCUT2D eigenvalue weighted by Crippen LogP contribution is -1.95. The molecule has 5 nitrogen and oxygen atoms in total. The van der Waals surface area contributed by atoms with Crippen molar-refractivity contribution >= 4 is 120 Å². The Labute approximate surface area is 606 Å². The van der Waals surface area contributed by atoms with Crippen molar-refractivity contribution in [1.29, 1.82) is 0 Å². The molecule has 17 aromatic carbocycles. The number of para-hydroxylation sites is 6. The fourth-order valence-electron chi connectivity index (χ4n) is 17.0. The van der Waals surface area contributed by atoms with E-state index < -0.39 is 0 Å². The third kappa shape index (κ3) is 9.78. The zero-order valence-electron chi connectivity index (χ0n) is 57.3. The van der Waals surface area contributed by atoms with Crippen LogP contribution < -0.4 is 0 Å². The number of nitrogens with zero attached hydrogens (tertiary/aromatic N) is 5. The van der Waals surface area contributed by atoms with Crippen molar-refractivity contribution in [3.63, 3.8) is 0 Å². The summed E-state index contributed by atoms with van der Waals surface area (Å²) in [5, 5.41) is 15.1. The van der Waals surface area contributed by atoms with Gasteiger partial charge in [0.1, 0.15) is 0 Å². The van der Waals surface area contributed by atoms with Crippen LogP contribution in [0.1, 0.15) is 0 Å². The van der Waals surface area contributed by atoms with Crippen molar-refractivity contribution in [2.24, 2.45) is 0 Å². The smallest absolute Gasteiger partial charge is 0.0547 e. The molecular formula is C100H65N5. The number of benzene rings is 17. The van der Waals surface area contributed by atoms with Crippen LogP contribution in [0.4, 0.5) is 0 Å². The molecule has 5 heteroatoms. The van der Waals surface area contributed by atoms with Crippen molar-refractivity contribution < 1.29 is 0 Å². The highest BCUT2D eigenvalue weighted by Gasteiger charge is 2.22. The Morgan fingerprint density at radius 3 is 0.848 bits per heavy atom. The van der Waals surface area contributed by atoms with Gasteiger partial charge in [-0.1, -0.05) is 249 Å². The molecule has 0 aliphatic carbocycles. The summed E-state index contributed by atoms with van der Waals surface area (Å²) in [5.74, 6) is 0. The van der Waals surface area contributed by atoms with E-state index in [1.54, 1.807) is 0 Å². The Morgan fingerprint density at radius 1 is 0.124 bits per heavy atom. The molecule has 22 rings (SSSR count). The molecule has 0 spiro atoms. The summed E-state index contributed by atoms with van der Waals surface area (Å²) < 4.78 is 12.0. The van der Waals surface area contributed by atoms with Crippen LogP contribution in [-0.2, 0) is 0 Å². The van der Waals surface area contributed by atoms with Crippen LogP contribution in [-0.4, -0.2) is 22.8 Å². The van der Waals surface area contributed by atoms with Crippen molar-refractivity contribution in [2.75, 3.05) is 0 Å². The van der Waals surface area contributed by atoms with E-state index in [1.807, 2.05) is 0 Å². The first-order chi connectivity index (χ1) is 52.1. The summed E-state index contributed by atoms with van der Waals surface area (Å²) >= 11 is 0. The molecule has 105 heavy (non-hydrogen) atoms. The van der Waals surface area contributed by atoms with Gasteiger partial charge in [0.05, 0.1) is 55.2 Å². The molecule has 22 aromatic rings. The molecule has 5 heterocycles. The lowest BCUT2D eigenvalue weighted by atomic mass is 10.0. The minimum absolute atomic E-state index is 1.15. The standard InChI is InChI=1S/C52H33N3.C48H32N2/c1-3-14-37(15-4-1)53-46-21-11-9-19-41(46)43-31-35(24-27-48(43)53)36-25-28-49-44(32-36)42-20-10-12-22-47(42)55(49)39-26-30-50-45(33-39)52-40-18-8-7-13-34(40)23-29-51(52)54(50)38-16-5-2-6-17-38;1-3-12-33(13-4-1)35-22-26-39(27-23-35)49-45-20-9-7-18-41(45)43-31-37(24-28-47(43)49)38-25-29-48-44(32-38)42-19-8-10-21-46(42)50(48)40-17-11-16-36(30-40)34-14-5-2-6-15-34/h1-33H;1-32H.